The molecular formula is C5H8BrN3S. The fraction of sp³-hybridized carbons (Fsp3) is 0.600. The van der Waals surface area contributed by atoms with Gasteiger partial charge in [-0.25, -0.2) is 0 Å². The summed E-state index contributed by atoms with van der Waals surface area (Å²) in [5.41, 5.74) is 1.74. The fourth-order valence-electron chi connectivity index (χ4n) is 0.556. The lowest BCUT2D eigenvalue weighted by atomic mass is 10.7. The highest BCUT2D eigenvalue weighted by molar-refractivity contribution is 9.09. The summed E-state index contributed by atoms with van der Waals surface area (Å²) in [5.74, 6) is 0. The molecule has 3 nitrogen and oxygen atoms in total. The van der Waals surface area contributed by atoms with E-state index >= 15 is 0 Å². The molecule has 0 aromatic carbocycles. The highest BCUT2D eigenvalue weighted by Gasteiger charge is 2.00. The van der Waals surface area contributed by atoms with E-state index in [-0.39, 0.29) is 0 Å². The van der Waals surface area contributed by atoms with Gasteiger partial charge in [0.25, 0.3) is 0 Å². The first kappa shape index (κ1) is 7.94. The van der Waals surface area contributed by atoms with Crippen LogP contribution in [-0.4, -0.2) is 29.1 Å². The van der Waals surface area contributed by atoms with E-state index in [4.69, 9.17) is 0 Å². The quantitative estimate of drug-likeness (QED) is 0.723. The second-order valence-corrected chi connectivity index (χ2v) is 3.44. The first-order chi connectivity index (χ1) is 4.84. The molecule has 1 aromatic heterocycles. The molecule has 0 bridgehead atoms. The highest BCUT2D eigenvalue weighted by atomic mass is 79.9. The summed E-state index contributed by atoms with van der Waals surface area (Å²) in [4.78, 5) is 2.06. The van der Waals surface area contributed by atoms with Gasteiger partial charge in [-0.1, -0.05) is 27.3 Å². The van der Waals surface area contributed by atoms with E-state index in [1.807, 2.05) is 7.05 Å². The molecule has 0 N–H and O–H groups in total. The number of anilines is 1. The zero-order valence-corrected chi connectivity index (χ0v) is 8.02. The molecular weight excluding hydrogens is 214 g/mol. The van der Waals surface area contributed by atoms with Crippen molar-refractivity contribution in [1.29, 1.82) is 0 Å². The van der Waals surface area contributed by atoms with Crippen molar-refractivity contribution in [3.63, 3.8) is 0 Å². The average molecular weight is 222 g/mol. The molecule has 56 valence electrons. The van der Waals surface area contributed by atoms with Gasteiger partial charge in [0.15, 0.2) is 0 Å². The van der Waals surface area contributed by atoms with Gasteiger partial charge in [-0.05, 0) is 0 Å². The highest BCUT2D eigenvalue weighted by Crippen LogP contribution is 2.12. The average Bonchev–Trinajstić information content (AvgIpc) is 2.38. The summed E-state index contributed by atoms with van der Waals surface area (Å²) >= 11 is 4.90. The maximum atomic E-state index is 3.91. The Bertz CT molecular complexity index is 177. The smallest absolute Gasteiger partial charge is 0.207 e. The predicted octanol–water partition coefficient (Wildman–Crippen LogP) is 1.37. The Morgan fingerprint density at radius 1 is 1.80 bits per heavy atom. The van der Waals surface area contributed by atoms with Gasteiger partial charge in [-0.3, -0.25) is 0 Å². The Morgan fingerprint density at radius 3 is 3.10 bits per heavy atom. The van der Waals surface area contributed by atoms with Crippen LogP contribution >= 0.6 is 27.3 Å². The molecule has 0 radical (unpaired) electrons. The summed E-state index contributed by atoms with van der Waals surface area (Å²) in [5, 5.41) is 9.58. The van der Waals surface area contributed by atoms with Crippen LogP contribution in [0.1, 0.15) is 0 Å². The van der Waals surface area contributed by atoms with E-state index in [2.05, 4.69) is 31.0 Å². The van der Waals surface area contributed by atoms with Crippen LogP contribution in [0.25, 0.3) is 0 Å². The molecule has 1 aromatic rings. The van der Waals surface area contributed by atoms with Gasteiger partial charge in [-0.15, -0.1) is 10.2 Å². The maximum Gasteiger partial charge on any atom is 0.207 e. The molecule has 0 aliphatic carbocycles. The van der Waals surface area contributed by atoms with Gasteiger partial charge >= 0.3 is 0 Å². The molecule has 0 aliphatic rings. The molecule has 5 heteroatoms. The van der Waals surface area contributed by atoms with E-state index in [0.717, 1.165) is 17.0 Å². The zero-order valence-electron chi connectivity index (χ0n) is 5.62. The van der Waals surface area contributed by atoms with E-state index in [1.165, 1.54) is 0 Å². The standard InChI is InChI=1S/C5H8BrN3S/c1-9(3-2-6)5-8-7-4-10-5/h4H,2-3H2,1H3. The molecule has 1 heterocycles. The number of hydrogen-bond acceptors (Lipinski definition) is 4. The van der Waals surface area contributed by atoms with E-state index < -0.39 is 0 Å². The van der Waals surface area contributed by atoms with Gasteiger partial charge in [0, 0.05) is 18.9 Å². The lowest BCUT2D eigenvalue weighted by Gasteiger charge is -2.11. The third kappa shape index (κ3) is 1.91. The monoisotopic (exact) mass is 221 g/mol. The summed E-state index contributed by atoms with van der Waals surface area (Å²) in [7, 11) is 2.00. The van der Waals surface area contributed by atoms with Crippen molar-refractivity contribution in [2.24, 2.45) is 0 Å². The molecule has 0 aliphatic heterocycles. The Kier molecular flexibility index (Phi) is 3.08. The predicted molar refractivity (Wildman–Crippen MR) is 47.0 cm³/mol. The van der Waals surface area contributed by atoms with Crippen molar-refractivity contribution >= 4 is 32.4 Å². The summed E-state index contributed by atoms with van der Waals surface area (Å²) in [6.45, 7) is 0.967. The molecule has 0 spiro atoms. The Balaban J connectivity index is 2.50. The lowest BCUT2D eigenvalue weighted by molar-refractivity contribution is 0.939. The minimum absolute atomic E-state index is 0.961. The van der Waals surface area contributed by atoms with Crippen LogP contribution in [0.2, 0.25) is 0 Å². The van der Waals surface area contributed by atoms with Crippen LogP contribution < -0.4 is 4.90 Å². The molecule has 0 unspecified atom stereocenters. The molecule has 0 saturated heterocycles. The van der Waals surface area contributed by atoms with E-state index in [9.17, 15) is 0 Å². The van der Waals surface area contributed by atoms with Crippen molar-refractivity contribution in [3.8, 4) is 0 Å². The largest absolute Gasteiger partial charge is 0.349 e. The van der Waals surface area contributed by atoms with E-state index in [1.54, 1.807) is 16.8 Å². The molecule has 10 heavy (non-hydrogen) atoms. The normalized spacial score (nSPS) is 9.80. The number of alkyl halides is 1. The van der Waals surface area contributed by atoms with Crippen molar-refractivity contribution in [1.82, 2.24) is 10.2 Å². The topological polar surface area (TPSA) is 29.0 Å². The van der Waals surface area contributed by atoms with Crippen LogP contribution in [0.15, 0.2) is 5.51 Å². The molecule has 0 fully saturated rings. The third-order valence-corrected chi connectivity index (χ3v) is 2.25. The zero-order chi connectivity index (χ0) is 7.40. The number of halogens is 1. The van der Waals surface area contributed by atoms with Crippen molar-refractivity contribution in [2.45, 2.75) is 0 Å². The second-order valence-electron chi connectivity index (χ2n) is 1.83. The maximum absolute atomic E-state index is 3.91. The number of nitrogens with zero attached hydrogens (tertiary/aromatic N) is 3. The summed E-state index contributed by atoms with van der Waals surface area (Å²) < 4.78 is 0. The van der Waals surface area contributed by atoms with Crippen LogP contribution in [0, 0.1) is 0 Å². The van der Waals surface area contributed by atoms with Crippen LogP contribution in [0.5, 0.6) is 0 Å². The van der Waals surface area contributed by atoms with Gasteiger partial charge in [0.1, 0.15) is 5.51 Å². The minimum Gasteiger partial charge on any atom is -0.349 e. The Morgan fingerprint density at radius 2 is 2.60 bits per heavy atom. The van der Waals surface area contributed by atoms with Crippen molar-refractivity contribution in [3.05, 3.63) is 5.51 Å². The SMILES string of the molecule is CN(CCBr)c1nncs1. The van der Waals surface area contributed by atoms with E-state index in [0.29, 0.717) is 0 Å². The Labute approximate surface area is 72.2 Å². The Hall–Kier alpha value is -0.160. The minimum atomic E-state index is 0.961. The third-order valence-electron chi connectivity index (χ3n) is 1.10. The fourth-order valence-corrected chi connectivity index (χ4v) is 1.64. The van der Waals surface area contributed by atoms with Gasteiger partial charge < -0.3 is 4.90 Å². The van der Waals surface area contributed by atoms with Gasteiger partial charge in [-0.2, -0.15) is 0 Å². The van der Waals surface area contributed by atoms with Crippen LogP contribution in [0.3, 0.4) is 0 Å². The molecule has 0 saturated carbocycles. The lowest BCUT2D eigenvalue weighted by Crippen LogP contribution is -2.18. The van der Waals surface area contributed by atoms with Crippen molar-refractivity contribution in [2.75, 3.05) is 23.8 Å². The first-order valence-corrected chi connectivity index (χ1v) is 4.88. The number of rotatable bonds is 3. The van der Waals surface area contributed by atoms with Crippen LogP contribution in [0.4, 0.5) is 5.13 Å². The number of hydrogen-bond donors (Lipinski definition) is 0. The molecule has 0 atom stereocenters. The second kappa shape index (κ2) is 3.88. The van der Waals surface area contributed by atoms with Gasteiger partial charge in [0.05, 0.1) is 0 Å². The summed E-state index contributed by atoms with van der Waals surface area (Å²) in [6, 6.07) is 0. The number of aromatic nitrogens is 2. The molecule has 0 amide bonds. The van der Waals surface area contributed by atoms with Crippen LogP contribution in [-0.2, 0) is 0 Å². The van der Waals surface area contributed by atoms with Gasteiger partial charge in [0.2, 0.25) is 5.13 Å². The molecule has 1 rings (SSSR count). The first-order valence-electron chi connectivity index (χ1n) is 2.88. The van der Waals surface area contributed by atoms with Crippen molar-refractivity contribution < 1.29 is 0 Å². The summed E-state index contributed by atoms with van der Waals surface area (Å²) in [6.07, 6.45) is 0.